The molecule has 84 valence electrons. The van der Waals surface area contributed by atoms with Gasteiger partial charge >= 0.3 is 0 Å². The number of aliphatic hydroxyl groups is 1. The first-order valence-electron chi connectivity index (χ1n) is 5.36. The molecule has 0 spiro atoms. The van der Waals surface area contributed by atoms with Crippen molar-refractivity contribution >= 4 is 0 Å². The highest BCUT2D eigenvalue weighted by molar-refractivity contribution is 5.11. The average molecular weight is 208 g/mol. The summed E-state index contributed by atoms with van der Waals surface area (Å²) < 4.78 is 0. The summed E-state index contributed by atoms with van der Waals surface area (Å²) in [5.74, 6) is 0. The molecule has 1 rings (SSSR count). The highest BCUT2D eigenvalue weighted by Gasteiger charge is 2.03. The third-order valence-corrected chi connectivity index (χ3v) is 2.33. The van der Waals surface area contributed by atoms with Gasteiger partial charge in [-0.05, 0) is 38.9 Å². The maximum Gasteiger partial charge on any atom is 0.0544 e. The number of aliphatic hydroxyl groups excluding tert-OH is 1. The molecule has 0 aliphatic carbocycles. The summed E-state index contributed by atoms with van der Waals surface area (Å²) in [5, 5.41) is 9.16. The van der Waals surface area contributed by atoms with Gasteiger partial charge in [0.1, 0.15) is 0 Å². The van der Waals surface area contributed by atoms with Crippen LogP contribution < -0.4 is 0 Å². The zero-order valence-electron chi connectivity index (χ0n) is 9.77. The highest BCUT2D eigenvalue weighted by atomic mass is 16.3. The first-order valence-corrected chi connectivity index (χ1v) is 5.36. The fourth-order valence-corrected chi connectivity index (χ4v) is 1.35. The molecule has 0 aromatic carbocycles. The number of rotatable bonds is 5. The maximum absolute atomic E-state index is 9.16. The molecule has 0 saturated carbocycles. The van der Waals surface area contributed by atoms with Gasteiger partial charge in [0, 0.05) is 19.3 Å². The SMILES string of the molecule is Cc1ccc(CN(C)CCC(C)O)nc1. The van der Waals surface area contributed by atoms with E-state index in [0.717, 1.165) is 25.2 Å². The predicted molar refractivity (Wildman–Crippen MR) is 61.6 cm³/mol. The smallest absolute Gasteiger partial charge is 0.0544 e. The van der Waals surface area contributed by atoms with Crippen molar-refractivity contribution in [3.05, 3.63) is 29.6 Å². The van der Waals surface area contributed by atoms with E-state index in [1.165, 1.54) is 5.56 Å². The lowest BCUT2D eigenvalue weighted by Gasteiger charge is -2.16. The van der Waals surface area contributed by atoms with Crippen LogP contribution in [0.25, 0.3) is 0 Å². The second kappa shape index (κ2) is 5.83. The monoisotopic (exact) mass is 208 g/mol. The molecule has 0 saturated heterocycles. The second-order valence-electron chi connectivity index (χ2n) is 4.20. The van der Waals surface area contributed by atoms with Crippen LogP contribution in [0.4, 0.5) is 0 Å². The second-order valence-corrected chi connectivity index (χ2v) is 4.20. The molecule has 1 aromatic heterocycles. The van der Waals surface area contributed by atoms with Crippen molar-refractivity contribution in [2.24, 2.45) is 0 Å². The normalized spacial score (nSPS) is 13.1. The van der Waals surface area contributed by atoms with Crippen LogP contribution in [-0.4, -0.2) is 34.7 Å². The Morgan fingerprint density at radius 1 is 1.47 bits per heavy atom. The summed E-state index contributed by atoms with van der Waals surface area (Å²) in [7, 11) is 2.05. The van der Waals surface area contributed by atoms with E-state index in [1.54, 1.807) is 0 Å². The van der Waals surface area contributed by atoms with Crippen LogP contribution in [0.1, 0.15) is 24.6 Å². The van der Waals surface area contributed by atoms with Gasteiger partial charge in [-0.25, -0.2) is 0 Å². The molecule has 15 heavy (non-hydrogen) atoms. The Kier molecular flexibility index (Phi) is 4.72. The standard InChI is InChI=1S/C12H20N2O/c1-10-4-5-12(13-8-10)9-14(3)7-6-11(2)15/h4-5,8,11,15H,6-7,9H2,1-3H3. The number of nitrogens with zero attached hydrogens (tertiary/aromatic N) is 2. The van der Waals surface area contributed by atoms with E-state index in [9.17, 15) is 0 Å². The fourth-order valence-electron chi connectivity index (χ4n) is 1.35. The molecule has 1 heterocycles. The molecule has 1 aromatic rings. The minimum absolute atomic E-state index is 0.224. The lowest BCUT2D eigenvalue weighted by molar-refractivity contribution is 0.162. The van der Waals surface area contributed by atoms with Gasteiger partial charge in [-0.1, -0.05) is 6.07 Å². The molecule has 0 fully saturated rings. The Morgan fingerprint density at radius 3 is 2.73 bits per heavy atom. The third kappa shape index (κ3) is 4.91. The van der Waals surface area contributed by atoms with Gasteiger partial charge in [0.05, 0.1) is 11.8 Å². The molecule has 0 aliphatic heterocycles. The lowest BCUT2D eigenvalue weighted by atomic mass is 10.2. The summed E-state index contributed by atoms with van der Waals surface area (Å²) in [6.45, 7) is 5.59. The van der Waals surface area contributed by atoms with Crippen molar-refractivity contribution in [3.8, 4) is 0 Å². The Labute approximate surface area is 91.8 Å². The topological polar surface area (TPSA) is 36.4 Å². The Morgan fingerprint density at radius 2 is 2.20 bits per heavy atom. The fraction of sp³-hybridized carbons (Fsp3) is 0.583. The molecular weight excluding hydrogens is 188 g/mol. The molecule has 0 bridgehead atoms. The van der Waals surface area contributed by atoms with Crippen molar-refractivity contribution in [3.63, 3.8) is 0 Å². The first-order chi connectivity index (χ1) is 7.08. The van der Waals surface area contributed by atoms with E-state index < -0.39 is 0 Å². The Balaban J connectivity index is 2.37. The van der Waals surface area contributed by atoms with Crippen LogP contribution in [0.3, 0.4) is 0 Å². The minimum Gasteiger partial charge on any atom is -0.393 e. The molecular formula is C12H20N2O. The van der Waals surface area contributed by atoms with E-state index in [4.69, 9.17) is 5.11 Å². The Hall–Kier alpha value is -0.930. The summed E-state index contributed by atoms with van der Waals surface area (Å²) in [6.07, 6.45) is 2.47. The van der Waals surface area contributed by atoms with E-state index in [1.807, 2.05) is 33.2 Å². The summed E-state index contributed by atoms with van der Waals surface area (Å²) in [5.41, 5.74) is 2.26. The van der Waals surface area contributed by atoms with Crippen molar-refractivity contribution in [2.75, 3.05) is 13.6 Å². The van der Waals surface area contributed by atoms with Crippen LogP contribution in [0.15, 0.2) is 18.3 Å². The van der Waals surface area contributed by atoms with Crippen LogP contribution in [0, 0.1) is 6.92 Å². The molecule has 3 heteroatoms. The average Bonchev–Trinajstić information content (AvgIpc) is 2.19. The predicted octanol–water partition coefficient (Wildman–Crippen LogP) is 1.59. The summed E-state index contributed by atoms with van der Waals surface area (Å²) >= 11 is 0. The van der Waals surface area contributed by atoms with Gasteiger partial charge < -0.3 is 10.0 Å². The molecule has 1 N–H and O–H groups in total. The molecule has 0 amide bonds. The van der Waals surface area contributed by atoms with Crippen molar-refractivity contribution in [1.29, 1.82) is 0 Å². The van der Waals surface area contributed by atoms with Crippen LogP contribution in [-0.2, 0) is 6.54 Å². The van der Waals surface area contributed by atoms with Gasteiger partial charge in [-0.15, -0.1) is 0 Å². The van der Waals surface area contributed by atoms with Crippen molar-refractivity contribution in [2.45, 2.75) is 32.9 Å². The summed E-state index contributed by atoms with van der Waals surface area (Å²) in [4.78, 5) is 6.51. The van der Waals surface area contributed by atoms with E-state index >= 15 is 0 Å². The minimum atomic E-state index is -0.224. The maximum atomic E-state index is 9.16. The number of hydrogen-bond donors (Lipinski definition) is 1. The van der Waals surface area contributed by atoms with E-state index in [2.05, 4.69) is 16.0 Å². The van der Waals surface area contributed by atoms with E-state index in [-0.39, 0.29) is 6.10 Å². The van der Waals surface area contributed by atoms with Crippen LogP contribution in [0.5, 0.6) is 0 Å². The van der Waals surface area contributed by atoms with Crippen molar-refractivity contribution in [1.82, 2.24) is 9.88 Å². The number of pyridine rings is 1. The van der Waals surface area contributed by atoms with E-state index in [0.29, 0.717) is 0 Å². The number of aryl methyl sites for hydroxylation is 1. The highest BCUT2D eigenvalue weighted by Crippen LogP contribution is 2.03. The van der Waals surface area contributed by atoms with Gasteiger partial charge in [-0.3, -0.25) is 4.98 Å². The molecule has 0 radical (unpaired) electrons. The molecule has 1 atom stereocenters. The number of hydrogen-bond acceptors (Lipinski definition) is 3. The van der Waals surface area contributed by atoms with Gasteiger partial charge in [0.2, 0.25) is 0 Å². The van der Waals surface area contributed by atoms with Gasteiger partial charge in [-0.2, -0.15) is 0 Å². The van der Waals surface area contributed by atoms with Crippen molar-refractivity contribution < 1.29 is 5.11 Å². The van der Waals surface area contributed by atoms with Gasteiger partial charge in [0.25, 0.3) is 0 Å². The molecule has 1 unspecified atom stereocenters. The molecule has 0 aliphatic rings. The zero-order chi connectivity index (χ0) is 11.3. The number of aromatic nitrogens is 1. The zero-order valence-corrected chi connectivity index (χ0v) is 9.77. The summed E-state index contributed by atoms with van der Waals surface area (Å²) in [6, 6.07) is 4.12. The molecule has 3 nitrogen and oxygen atoms in total. The lowest BCUT2D eigenvalue weighted by Crippen LogP contribution is -2.22. The van der Waals surface area contributed by atoms with Crippen LogP contribution >= 0.6 is 0 Å². The largest absolute Gasteiger partial charge is 0.393 e. The van der Waals surface area contributed by atoms with Crippen LogP contribution in [0.2, 0.25) is 0 Å². The van der Waals surface area contributed by atoms with Gasteiger partial charge in [0.15, 0.2) is 0 Å². The Bertz CT molecular complexity index is 282. The first kappa shape index (κ1) is 12.1. The third-order valence-electron chi connectivity index (χ3n) is 2.33. The quantitative estimate of drug-likeness (QED) is 0.798.